The lowest BCUT2D eigenvalue weighted by Gasteiger charge is -2.28. The molecular weight excluding hydrogens is 236 g/mol. The second-order valence-electron chi connectivity index (χ2n) is 5.13. The van der Waals surface area contributed by atoms with Gasteiger partial charge in [-0.3, -0.25) is 4.55 Å². The minimum atomic E-state index is -4.12. The zero-order valence-corrected chi connectivity index (χ0v) is 11.2. The molecule has 1 N–H and O–H groups in total. The average Bonchev–Trinajstić information content (AvgIpc) is 2.14. The predicted molar refractivity (Wildman–Crippen MR) is 70.3 cm³/mol. The third kappa shape index (κ3) is 3.41. The zero-order chi connectivity index (χ0) is 13.3. The molecule has 94 valence electrons. The van der Waals surface area contributed by atoms with Crippen LogP contribution >= 0.6 is 0 Å². The number of hydrogen-bond acceptors (Lipinski definition) is 2. The van der Waals surface area contributed by atoms with Crippen LogP contribution in [0.15, 0.2) is 30.8 Å². The first kappa shape index (κ1) is 13.9. The molecule has 0 aliphatic carbocycles. The van der Waals surface area contributed by atoms with Crippen LogP contribution < -0.4 is 0 Å². The smallest absolute Gasteiger partial charge is 0.272 e. The van der Waals surface area contributed by atoms with Gasteiger partial charge in [0.05, 0.1) is 0 Å². The molecule has 4 heteroatoms. The quantitative estimate of drug-likeness (QED) is 0.842. The maximum absolute atomic E-state index is 11.5. The number of hydrogen-bond donors (Lipinski definition) is 1. The summed E-state index contributed by atoms with van der Waals surface area (Å²) in [6, 6.07) is 6.99. The third-order valence-electron chi connectivity index (χ3n) is 2.56. The molecule has 1 aromatic carbocycles. The molecule has 0 heterocycles. The highest BCUT2D eigenvalue weighted by molar-refractivity contribution is 7.86. The first-order valence-corrected chi connectivity index (χ1v) is 6.85. The molecule has 1 aromatic rings. The van der Waals surface area contributed by atoms with Crippen molar-refractivity contribution < 1.29 is 13.0 Å². The highest BCUT2D eigenvalue weighted by Crippen LogP contribution is 2.38. The van der Waals surface area contributed by atoms with Crippen LogP contribution in [0.5, 0.6) is 0 Å². The van der Waals surface area contributed by atoms with E-state index in [1.807, 2.05) is 0 Å². The Bertz CT molecular complexity index is 492. The van der Waals surface area contributed by atoms with Gasteiger partial charge in [-0.1, -0.05) is 57.7 Å². The van der Waals surface area contributed by atoms with Crippen LogP contribution in [0.2, 0.25) is 0 Å². The third-order valence-corrected chi connectivity index (χ3v) is 4.13. The minimum absolute atomic E-state index is 0.566. The van der Waals surface area contributed by atoms with Gasteiger partial charge in [0.15, 0.2) is 0 Å². The highest BCUT2D eigenvalue weighted by atomic mass is 32.2. The van der Waals surface area contributed by atoms with Crippen LogP contribution in [0.3, 0.4) is 0 Å². The van der Waals surface area contributed by atoms with Crippen molar-refractivity contribution in [3.63, 3.8) is 0 Å². The monoisotopic (exact) mass is 254 g/mol. The van der Waals surface area contributed by atoms with E-state index in [0.29, 0.717) is 5.56 Å². The van der Waals surface area contributed by atoms with Crippen molar-refractivity contribution in [3.8, 4) is 0 Å². The molecule has 0 aliphatic heterocycles. The molecule has 17 heavy (non-hydrogen) atoms. The maximum atomic E-state index is 11.5. The molecular formula is C13H18O3S. The second-order valence-corrected chi connectivity index (χ2v) is 6.63. The molecule has 1 atom stereocenters. The normalized spacial score (nSPS) is 14.4. The minimum Gasteiger partial charge on any atom is -0.285 e. The van der Waals surface area contributed by atoms with E-state index in [1.54, 1.807) is 51.1 Å². The SMILES string of the molecule is C=Cc1ccc(C(C(C)(C)C)S(=O)(=O)O)cc1. The molecule has 0 aliphatic rings. The molecule has 0 spiro atoms. The fraction of sp³-hybridized carbons (Fsp3) is 0.385. The van der Waals surface area contributed by atoms with Crippen LogP contribution in [-0.4, -0.2) is 13.0 Å². The zero-order valence-electron chi connectivity index (χ0n) is 10.3. The molecule has 0 fully saturated rings. The van der Waals surface area contributed by atoms with Crippen molar-refractivity contribution in [1.82, 2.24) is 0 Å². The number of benzene rings is 1. The lowest BCUT2D eigenvalue weighted by molar-refractivity contribution is 0.355. The van der Waals surface area contributed by atoms with Crippen molar-refractivity contribution in [3.05, 3.63) is 42.0 Å². The Labute approximate surface area is 103 Å². The fourth-order valence-corrected chi connectivity index (χ4v) is 3.32. The van der Waals surface area contributed by atoms with E-state index in [-0.39, 0.29) is 0 Å². The van der Waals surface area contributed by atoms with Crippen LogP contribution in [-0.2, 0) is 10.1 Å². The summed E-state index contributed by atoms with van der Waals surface area (Å²) >= 11 is 0. The first-order chi connectivity index (χ1) is 7.66. The Balaban J connectivity index is 3.28. The Morgan fingerprint density at radius 1 is 1.24 bits per heavy atom. The van der Waals surface area contributed by atoms with E-state index in [0.717, 1.165) is 5.56 Å². The average molecular weight is 254 g/mol. The van der Waals surface area contributed by atoms with Gasteiger partial charge in [-0.25, -0.2) is 0 Å². The predicted octanol–water partition coefficient (Wildman–Crippen LogP) is 3.30. The van der Waals surface area contributed by atoms with Crippen LogP contribution in [0.4, 0.5) is 0 Å². The molecule has 3 nitrogen and oxygen atoms in total. The van der Waals surface area contributed by atoms with E-state index in [9.17, 15) is 13.0 Å². The molecule has 0 aromatic heterocycles. The van der Waals surface area contributed by atoms with E-state index >= 15 is 0 Å². The molecule has 0 saturated heterocycles. The van der Waals surface area contributed by atoms with Crippen LogP contribution in [0.25, 0.3) is 6.08 Å². The molecule has 1 rings (SSSR count). The van der Waals surface area contributed by atoms with E-state index in [4.69, 9.17) is 0 Å². The fourth-order valence-electron chi connectivity index (χ4n) is 1.93. The summed E-state index contributed by atoms with van der Waals surface area (Å²) < 4.78 is 32.3. The highest BCUT2D eigenvalue weighted by Gasteiger charge is 2.36. The first-order valence-electron chi connectivity index (χ1n) is 5.35. The van der Waals surface area contributed by atoms with Gasteiger partial charge in [-0.2, -0.15) is 8.42 Å². The van der Waals surface area contributed by atoms with Gasteiger partial charge in [0.25, 0.3) is 10.1 Å². The van der Waals surface area contributed by atoms with Gasteiger partial charge in [-0.05, 0) is 16.5 Å². The molecule has 1 unspecified atom stereocenters. The lowest BCUT2D eigenvalue weighted by atomic mass is 9.87. The van der Waals surface area contributed by atoms with Crippen molar-refractivity contribution in [1.29, 1.82) is 0 Å². The van der Waals surface area contributed by atoms with Gasteiger partial charge in [0, 0.05) is 0 Å². The summed E-state index contributed by atoms with van der Waals surface area (Å²) in [6.07, 6.45) is 1.68. The van der Waals surface area contributed by atoms with Crippen LogP contribution in [0, 0.1) is 5.41 Å². The molecule has 0 radical (unpaired) electrons. The topological polar surface area (TPSA) is 54.4 Å². The molecule has 0 amide bonds. The van der Waals surface area contributed by atoms with Crippen molar-refractivity contribution in [2.24, 2.45) is 5.41 Å². The van der Waals surface area contributed by atoms with Crippen molar-refractivity contribution >= 4 is 16.2 Å². The Hall–Kier alpha value is -1.13. The molecule has 0 saturated carbocycles. The van der Waals surface area contributed by atoms with E-state index in [1.165, 1.54) is 0 Å². The number of rotatable bonds is 3. The van der Waals surface area contributed by atoms with Gasteiger partial charge >= 0.3 is 0 Å². The maximum Gasteiger partial charge on any atom is 0.272 e. The summed E-state index contributed by atoms with van der Waals surface area (Å²) in [4.78, 5) is 0. The summed E-state index contributed by atoms with van der Waals surface area (Å²) in [5, 5.41) is -0.922. The van der Waals surface area contributed by atoms with Gasteiger partial charge in [-0.15, -0.1) is 0 Å². The van der Waals surface area contributed by atoms with E-state index in [2.05, 4.69) is 6.58 Å². The summed E-state index contributed by atoms with van der Waals surface area (Å²) in [5.41, 5.74) is 0.936. The van der Waals surface area contributed by atoms with Gasteiger partial charge in [0.1, 0.15) is 5.25 Å². The second kappa shape index (κ2) is 4.63. The Morgan fingerprint density at radius 3 is 2.00 bits per heavy atom. The summed E-state index contributed by atoms with van der Waals surface area (Å²) in [5.74, 6) is 0. The van der Waals surface area contributed by atoms with Crippen molar-refractivity contribution in [2.45, 2.75) is 26.0 Å². The largest absolute Gasteiger partial charge is 0.285 e. The van der Waals surface area contributed by atoms with E-state index < -0.39 is 20.8 Å². The van der Waals surface area contributed by atoms with Gasteiger partial charge in [0.2, 0.25) is 0 Å². The lowest BCUT2D eigenvalue weighted by Crippen LogP contribution is -2.26. The van der Waals surface area contributed by atoms with Gasteiger partial charge < -0.3 is 0 Å². The van der Waals surface area contributed by atoms with Crippen LogP contribution in [0.1, 0.15) is 37.1 Å². The molecule has 0 bridgehead atoms. The summed E-state index contributed by atoms with van der Waals surface area (Å²) in [7, 11) is -4.12. The van der Waals surface area contributed by atoms with Crippen molar-refractivity contribution in [2.75, 3.05) is 0 Å². The standard InChI is InChI=1S/C13H18O3S/c1-5-10-6-8-11(9-7-10)12(13(2,3)4)17(14,15)16/h5-9,12H,1H2,2-4H3,(H,14,15,16). The Kier molecular flexibility index (Phi) is 3.79. The Morgan fingerprint density at radius 2 is 1.71 bits per heavy atom. The summed E-state index contributed by atoms with van der Waals surface area (Å²) in [6.45, 7) is 8.99.